The van der Waals surface area contributed by atoms with Crippen LogP contribution in [0.2, 0.25) is 0 Å². The fraction of sp³-hybridized carbons (Fsp3) is 0.367. The third kappa shape index (κ3) is 6.59. The van der Waals surface area contributed by atoms with Gasteiger partial charge in [0.05, 0.1) is 9.79 Å². The Hall–Kier alpha value is -3.16. The predicted molar refractivity (Wildman–Crippen MR) is 149 cm³/mol. The molecule has 0 aliphatic rings. The van der Waals surface area contributed by atoms with Gasteiger partial charge in [0.1, 0.15) is 5.75 Å². The van der Waals surface area contributed by atoms with Crippen LogP contribution < -0.4 is 5.32 Å². The first-order chi connectivity index (χ1) is 17.3. The van der Waals surface area contributed by atoms with Gasteiger partial charge in [-0.1, -0.05) is 58.0 Å². The molecule has 0 saturated carbocycles. The summed E-state index contributed by atoms with van der Waals surface area (Å²) in [4.78, 5) is 14.7. The third-order valence-corrected chi connectivity index (χ3v) is 8.17. The molecule has 37 heavy (non-hydrogen) atoms. The maximum Gasteiger partial charge on any atom is 0.221 e. The number of nitrogens with one attached hydrogen (secondary N) is 1. The van der Waals surface area contributed by atoms with Gasteiger partial charge in [0.25, 0.3) is 0 Å². The third-order valence-electron chi connectivity index (χ3n) is 6.26. The van der Waals surface area contributed by atoms with Crippen LogP contribution in [0.15, 0.2) is 64.4 Å². The van der Waals surface area contributed by atoms with Crippen molar-refractivity contribution in [2.24, 2.45) is 0 Å². The molecular formula is C30H38N2O4S. The molecule has 2 N–H and O–H groups in total. The van der Waals surface area contributed by atoms with Gasteiger partial charge in [-0.05, 0) is 84.4 Å². The van der Waals surface area contributed by atoms with Crippen LogP contribution in [-0.4, -0.2) is 38.4 Å². The van der Waals surface area contributed by atoms with E-state index in [0.29, 0.717) is 29.8 Å². The minimum absolute atomic E-state index is 0.0555. The highest BCUT2D eigenvalue weighted by atomic mass is 32.2. The van der Waals surface area contributed by atoms with Crippen molar-refractivity contribution in [2.75, 3.05) is 19.4 Å². The zero-order chi connectivity index (χ0) is 27.5. The van der Waals surface area contributed by atoms with E-state index in [0.717, 1.165) is 16.7 Å². The average molecular weight is 523 g/mol. The lowest BCUT2D eigenvalue weighted by Crippen LogP contribution is -2.18. The predicted octanol–water partition coefficient (Wildman–Crippen LogP) is 6.08. The Balaban J connectivity index is 2.34. The molecule has 0 aromatic heterocycles. The minimum atomic E-state index is -3.93. The van der Waals surface area contributed by atoms with Gasteiger partial charge in [-0.2, -0.15) is 0 Å². The fourth-order valence-electron chi connectivity index (χ4n) is 4.63. The molecule has 3 aromatic carbocycles. The monoisotopic (exact) mass is 522 g/mol. The molecule has 0 unspecified atom stereocenters. The van der Waals surface area contributed by atoms with Crippen LogP contribution in [0.5, 0.6) is 5.75 Å². The van der Waals surface area contributed by atoms with E-state index >= 15 is 0 Å². The van der Waals surface area contributed by atoms with Gasteiger partial charge in [0.15, 0.2) is 0 Å². The number of hydrogen-bond acceptors (Lipinski definition) is 5. The summed E-state index contributed by atoms with van der Waals surface area (Å²) in [5.41, 5.74) is 4.67. The molecule has 0 aliphatic carbocycles. The summed E-state index contributed by atoms with van der Waals surface area (Å²) in [5, 5.41) is 12.7. The van der Waals surface area contributed by atoms with Crippen molar-refractivity contribution in [3.63, 3.8) is 0 Å². The summed E-state index contributed by atoms with van der Waals surface area (Å²) < 4.78 is 28.6. The van der Waals surface area contributed by atoms with E-state index in [-0.39, 0.29) is 33.3 Å². The number of aromatic hydroxyl groups is 1. The molecule has 0 saturated heterocycles. The topological polar surface area (TPSA) is 86.7 Å². The van der Waals surface area contributed by atoms with Gasteiger partial charge in [0, 0.05) is 19.2 Å². The van der Waals surface area contributed by atoms with Gasteiger partial charge in [0.2, 0.25) is 15.7 Å². The zero-order valence-electron chi connectivity index (χ0n) is 22.8. The number of benzene rings is 3. The van der Waals surface area contributed by atoms with Gasteiger partial charge in [-0.15, -0.1) is 0 Å². The number of anilines is 1. The zero-order valence-corrected chi connectivity index (χ0v) is 23.6. The Morgan fingerprint density at radius 2 is 1.49 bits per heavy atom. The quantitative estimate of drug-likeness (QED) is 0.356. The number of phenolic OH excluding ortho intramolecular Hbond substituents is 1. The van der Waals surface area contributed by atoms with E-state index in [2.05, 4.69) is 5.32 Å². The molecule has 0 spiro atoms. The van der Waals surface area contributed by atoms with Gasteiger partial charge in [-0.3, -0.25) is 4.79 Å². The molecule has 0 aliphatic heterocycles. The summed E-state index contributed by atoms with van der Waals surface area (Å²) in [7, 11) is 0.000686. The van der Waals surface area contributed by atoms with Crippen LogP contribution >= 0.6 is 0 Å². The number of amides is 1. The summed E-state index contributed by atoms with van der Waals surface area (Å²) in [6, 6.07) is 15.7. The Morgan fingerprint density at radius 1 is 0.919 bits per heavy atom. The highest BCUT2D eigenvalue weighted by Crippen LogP contribution is 2.42. The molecule has 0 heterocycles. The number of hydrogen-bond donors (Lipinski definition) is 2. The first-order valence-electron chi connectivity index (χ1n) is 12.5. The van der Waals surface area contributed by atoms with E-state index in [9.17, 15) is 18.3 Å². The lowest BCUT2D eigenvalue weighted by molar-refractivity contribution is -0.114. The highest BCUT2D eigenvalue weighted by Gasteiger charge is 2.31. The van der Waals surface area contributed by atoms with Crippen molar-refractivity contribution in [1.29, 1.82) is 0 Å². The number of phenols is 1. The van der Waals surface area contributed by atoms with E-state index in [1.54, 1.807) is 36.4 Å². The average Bonchev–Trinajstić information content (AvgIpc) is 2.80. The highest BCUT2D eigenvalue weighted by molar-refractivity contribution is 7.91. The molecule has 0 radical (unpaired) electrons. The van der Waals surface area contributed by atoms with Crippen LogP contribution in [0.3, 0.4) is 0 Å². The van der Waals surface area contributed by atoms with Crippen molar-refractivity contribution in [3.8, 4) is 5.75 Å². The van der Waals surface area contributed by atoms with Crippen LogP contribution in [0.25, 0.3) is 0 Å². The minimum Gasteiger partial charge on any atom is -0.508 e. The molecule has 0 bridgehead atoms. The molecule has 6 nitrogen and oxygen atoms in total. The molecule has 0 atom stereocenters. The number of sulfone groups is 1. The van der Waals surface area contributed by atoms with E-state index in [1.165, 1.54) is 6.92 Å². The molecule has 3 aromatic rings. The standard InChI is InChI=1S/C30H38N2O4S/c1-19(2)27-17-24(16-22-8-12-25(34)13-9-22)30(28(20(3)4)29(27)31-21(5)33)37(35,36)26-14-10-23(11-15-26)18-32(6)7/h8-15,17,19-20,34H,16,18H2,1-7H3,(H,31,33). The fourth-order valence-corrected chi connectivity index (χ4v) is 6.46. The Morgan fingerprint density at radius 3 is 1.97 bits per heavy atom. The first-order valence-corrected chi connectivity index (χ1v) is 14.0. The smallest absolute Gasteiger partial charge is 0.221 e. The van der Waals surface area contributed by atoms with Crippen molar-refractivity contribution in [2.45, 2.75) is 69.2 Å². The Labute approximate surface area is 221 Å². The first kappa shape index (κ1) is 28.4. The number of rotatable bonds is 9. The SMILES string of the molecule is CC(=O)Nc1c(C(C)C)cc(Cc2ccc(O)cc2)c(S(=O)(=O)c2ccc(CN(C)C)cc2)c1C(C)C. The van der Waals surface area contributed by atoms with Crippen molar-refractivity contribution in [1.82, 2.24) is 4.90 Å². The molecule has 0 fully saturated rings. The second kappa shape index (κ2) is 11.5. The van der Waals surface area contributed by atoms with Gasteiger partial charge in [-0.25, -0.2) is 8.42 Å². The number of carbonyl (C=O) groups is 1. The summed E-state index contributed by atoms with van der Waals surface area (Å²) in [5.74, 6) is -0.204. The Kier molecular flexibility index (Phi) is 8.82. The maximum absolute atomic E-state index is 14.3. The molecule has 3 rings (SSSR count). The molecule has 198 valence electrons. The summed E-state index contributed by atoms with van der Waals surface area (Å²) in [6.07, 6.45) is 0.368. The number of nitrogens with zero attached hydrogens (tertiary/aromatic N) is 1. The van der Waals surface area contributed by atoms with Crippen LogP contribution in [0, 0.1) is 0 Å². The van der Waals surface area contributed by atoms with Crippen LogP contribution in [0.4, 0.5) is 5.69 Å². The van der Waals surface area contributed by atoms with E-state index < -0.39 is 9.84 Å². The van der Waals surface area contributed by atoms with Crippen molar-refractivity contribution in [3.05, 3.63) is 82.4 Å². The normalized spacial score (nSPS) is 11.9. The molecular weight excluding hydrogens is 484 g/mol. The summed E-state index contributed by atoms with van der Waals surface area (Å²) in [6.45, 7) is 10.1. The lowest BCUT2D eigenvalue weighted by Gasteiger charge is -2.26. The second-order valence-corrected chi connectivity index (χ2v) is 12.3. The largest absolute Gasteiger partial charge is 0.508 e. The van der Waals surface area contributed by atoms with E-state index in [4.69, 9.17) is 0 Å². The molecule has 7 heteroatoms. The second-order valence-electron chi connectivity index (χ2n) is 10.5. The lowest BCUT2D eigenvalue weighted by atomic mass is 9.88. The van der Waals surface area contributed by atoms with Crippen molar-refractivity contribution >= 4 is 21.4 Å². The van der Waals surface area contributed by atoms with E-state index in [1.807, 2.05) is 64.9 Å². The van der Waals surface area contributed by atoms with Crippen LogP contribution in [0.1, 0.15) is 74.3 Å². The molecule has 1 amide bonds. The number of carbonyl (C=O) groups excluding carboxylic acids is 1. The van der Waals surface area contributed by atoms with Crippen molar-refractivity contribution < 1.29 is 18.3 Å². The van der Waals surface area contributed by atoms with Gasteiger partial charge < -0.3 is 15.3 Å². The Bertz CT molecular complexity index is 1360. The van der Waals surface area contributed by atoms with Gasteiger partial charge >= 0.3 is 0 Å². The van der Waals surface area contributed by atoms with Crippen LogP contribution in [-0.2, 0) is 27.6 Å². The summed E-state index contributed by atoms with van der Waals surface area (Å²) >= 11 is 0. The maximum atomic E-state index is 14.3.